The quantitative estimate of drug-likeness (QED) is 0.131. The van der Waals surface area contributed by atoms with E-state index in [9.17, 15) is 9.18 Å². The molecule has 0 aliphatic rings. The summed E-state index contributed by atoms with van der Waals surface area (Å²) in [6.45, 7) is 0. The first-order chi connectivity index (χ1) is 19.0. The average Bonchev–Trinajstić information content (AvgIpc) is 2.95. The van der Waals surface area contributed by atoms with Crippen LogP contribution < -0.4 is 16.0 Å². The lowest BCUT2D eigenvalue weighted by Crippen LogP contribution is -2.07. The van der Waals surface area contributed by atoms with Crippen LogP contribution in [0.1, 0.15) is 15.9 Å². The van der Waals surface area contributed by atoms with E-state index in [1.807, 2.05) is 30.3 Å². The zero-order valence-corrected chi connectivity index (χ0v) is 21.2. The van der Waals surface area contributed by atoms with Crippen molar-refractivity contribution in [2.45, 2.75) is 0 Å². The predicted molar refractivity (Wildman–Crippen MR) is 154 cm³/mol. The maximum Gasteiger partial charge on any atom is 0.233 e. The topological polar surface area (TPSA) is 91.8 Å². The number of nitrogens with one attached hydrogen (secondary N) is 3. The third-order valence-corrected chi connectivity index (χ3v) is 5.74. The minimum Gasteiger partial charge on any atom is -0.324 e. The number of carbonyl (C=O) groups is 1. The largest absolute Gasteiger partial charge is 0.324 e. The number of ketones is 1. The van der Waals surface area contributed by atoms with E-state index in [2.05, 4.69) is 30.9 Å². The van der Waals surface area contributed by atoms with Crippen LogP contribution in [0.2, 0.25) is 5.02 Å². The van der Waals surface area contributed by atoms with Gasteiger partial charge in [0.15, 0.2) is 5.78 Å². The summed E-state index contributed by atoms with van der Waals surface area (Å²) in [5, 5.41) is 9.94. The van der Waals surface area contributed by atoms with Gasteiger partial charge < -0.3 is 16.0 Å². The fraction of sp³-hybridized carbons (Fsp3) is 0. The third kappa shape index (κ3) is 7.24. The molecule has 0 fully saturated rings. The van der Waals surface area contributed by atoms with Gasteiger partial charge in [-0.3, -0.25) is 4.79 Å². The molecule has 0 spiro atoms. The van der Waals surface area contributed by atoms with Crippen molar-refractivity contribution in [1.29, 1.82) is 0 Å². The molecule has 0 aliphatic carbocycles. The van der Waals surface area contributed by atoms with E-state index in [-0.39, 0.29) is 29.4 Å². The Balaban J connectivity index is 1.35. The number of rotatable bonds is 9. The van der Waals surface area contributed by atoms with Crippen LogP contribution in [0.4, 0.5) is 39.3 Å². The molecule has 1 aromatic heterocycles. The van der Waals surface area contributed by atoms with Crippen LogP contribution in [-0.2, 0) is 0 Å². The maximum absolute atomic E-state index is 13.3. The summed E-state index contributed by atoms with van der Waals surface area (Å²) >= 11 is 5.99. The molecule has 9 heteroatoms. The highest BCUT2D eigenvalue weighted by atomic mass is 35.5. The van der Waals surface area contributed by atoms with Crippen LogP contribution in [0.25, 0.3) is 6.08 Å². The number of allylic oxidation sites excluding steroid dienone is 1. The Morgan fingerprint density at radius 3 is 1.62 bits per heavy atom. The molecule has 0 saturated carbocycles. The maximum atomic E-state index is 13.3. The van der Waals surface area contributed by atoms with Crippen molar-refractivity contribution in [3.05, 3.63) is 131 Å². The molecule has 0 amide bonds. The summed E-state index contributed by atoms with van der Waals surface area (Å²) in [5.41, 5.74) is 3.52. The molecule has 0 bridgehead atoms. The number of hydrogen-bond donors (Lipinski definition) is 3. The number of halogens is 2. The van der Waals surface area contributed by atoms with Gasteiger partial charge in [-0.25, -0.2) is 4.39 Å². The molecule has 192 valence electrons. The third-order valence-electron chi connectivity index (χ3n) is 5.49. The standard InChI is InChI=1S/C30H22ClFN6O/c31-22-9-15-25(16-10-22)34-29-36-28(37-30(38-29)35-26-17-11-23(32)12-18-26)33-24-13-7-21(8-14-24)27(39)19-6-20-4-2-1-3-5-20/h1-19H,(H3,33,34,35,36,37,38)/b19-6+. The first-order valence-corrected chi connectivity index (χ1v) is 12.3. The van der Waals surface area contributed by atoms with E-state index >= 15 is 0 Å². The molecular formula is C30H22ClFN6O. The molecule has 4 aromatic carbocycles. The highest BCUT2D eigenvalue weighted by molar-refractivity contribution is 6.30. The zero-order chi connectivity index (χ0) is 27.0. The van der Waals surface area contributed by atoms with Crippen molar-refractivity contribution in [1.82, 2.24) is 15.0 Å². The van der Waals surface area contributed by atoms with Gasteiger partial charge in [0, 0.05) is 27.6 Å². The molecule has 3 N–H and O–H groups in total. The normalized spacial score (nSPS) is 10.8. The summed E-state index contributed by atoms with van der Waals surface area (Å²) in [6, 6.07) is 29.6. The van der Waals surface area contributed by atoms with Crippen molar-refractivity contribution in [2.75, 3.05) is 16.0 Å². The van der Waals surface area contributed by atoms with E-state index in [0.717, 1.165) is 11.3 Å². The lowest BCUT2D eigenvalue weighted by atomic mass is 10.1. The molecule has 1 heterocycles. The van der Waals surface area contributed by atoms with Crippen molar-refractivity contribution in [3.8, 4) is 0 Å². The minimum atomic E-state index is -0.346. The fourth-order valence-corrected chi connectivity index (χ4v) is 3.67. The Labute approximate surface area is 229 Å². The van der Waals surface area contributed by atoms with E-state index in [0.29, 0.717) is 22.0 Å². The van der Waals surface area contributed by atoms with E-state index in [1.165, 1.54) is 12.1 Å². The van der Waals surface area contributed by atoms with Gasteiger partial charge in [0.25, 0.3) is 0 Å². The van der Waals surface area contributed by atoms with Crippen LogP contribution in [0, 0.1) is 5.82 Å². The molecule has 5 rings (SSSR count). The number of aromatic nitrogens is 3. The summed E-state index contributed by atoms with van der Waals surface area (Å²) < 4.78 is 13.3. The second kappa shape index (κ2) is 12.0. The van der Waals surface area contributed by atoms with Gasteiger partial charge >= 0.3 is 0 Å². The Hall–Kier alpha value is -5.08. The van der Waals surface area contributed by atoms with Crippen LogP contribution in [0.15, 0.2) is 109 Å². The Kier molecular flexibility index (Phi) is 7.85. The van der Waals surface area contributed by atoms with Crippen LogP contribution in [0.3, 0.4) is 0 Å². The zero-order valence-electron chi connectivity index (χ0n) is 20.5. The van der Waals surface area contributed by atoms with Crippen molar-refractivity contribution in [3.63, 3.8) is 0 Å². The van der Waals surface area contributed by atoms with E-state index in [4.69, 9.17) is 11.6 Å². The van der Waals surface area contributed by atoms with Gasteiger partial charge in [-0.1, -0.05) is 48.0 Å². The molecule has 0 atom stereocenters. The van der Waals surface area contributed by atoms with Gasteiger partial charge in [0.05, 0.1) is 0 Å². The van der Waals surface area contributed by atoms with Crippen LogP contribution in [0.5, 0.6) is 0 Å². The predicted octanol–water partition coefficient (Wildman–Crippen LogP) is 7.79. The second-order valence-corrected chi connectivity index (χ2v) is 8.82. The monoisotopic (exact) mass is 536 g/mol. The summed E-state index contributed by atoms with van der Waals surface area (Å²) in [7, 11) is 0. The van der Waals surface area contributed by atoms with Gasteiger partial charge in [0.2, 0.25) is 17.8 Å². The SMILES string of the molecule is O=C(/C=C/c1ccccc1)c1ccc(Nc2nc(Nc3ccc(F)cc3)nc(Nc3ccc(Cl)cc3)n2)cc1. The number of anilines is 6. The molecular weight excluding hydrogens is 515 g/mol. The average molecular weight is 537 g/mol. The summed E-state index contributed by atoms with van der Waals surface area (Å²) in [5.74, 6) is 0.326. The Morgan fingerprint density at radius 1 is 0.641 bits per heavy atom. The first-order valence-electron chi connectivity index (χ1n) is 12.0. The molecule has 0 aliphatic heterocycles. The summed E-state index contributed by atoms with van der Waals surface area (Å²) in [6.07, 6.45) is 3.33. The second-order valence-electron chi connectivity index (χ2n) is 8.38. The minimum absolute atomic E-state index is 0.106. The van der Waals surface area contributed by atoms with Gasteiger partial charge in [0.1, 0.15) is 5.82 Å². The van der Waals surface area contributed by atoms with Crippen LogP contribution in [-0.4, -0.2) is 20.7 Å². The van der Waals surface area contributed by atoms with Gasteiger partial charge in [-0.2, -0.15) is 15.0 Å². The van der Waals surface area contributed by atoms with Gasteiger partial charge in [-0.05, 0) is 84.4 Å². The smallest absolute Gasteiger partial charge is 0.233 e. The van der Waals surface area contributed by atoms with Crippen molar-refractivity contribution < 1.29 is 9.18 Å². The van der Waals surface area contributed by atoms with Crippen molar-refractivity contribution in [2.24, 2.45) is 0 Å². The van der Waals surface area contributed by atoms with Crippen LogP contribution >= 0.6 is 11.6 Å². The molecule has 0 saturated heterocycles. The summed E-state index contributed by atoms with van der Waals surface area (Å²) in [4.78, 5) is 25.9. The lowest BCUT2D eigenvalue weighted by molar-refractivity contribution is 0.104. The lowest BCUT2D eigenvalue weighted by Gasteiger charge is -2.12. The first kappa shape index (κ1) is 25.6. The Bertz CT molecular complexity index is 1530. The fourth-order valence-electron chi connectivity index (χ4n) is 3.55. The molecule has 5 aromatic rings. The number of nitrogens with zero attached hydrogens (tertiary/aromatic N) is 3. The highest BCUT2D eigenvalue weighted by Crippen LogP contribution is 2.22. The molecule has 0 radical (unpaired) electrons. The highest BCUT2D eigenvalue weighted by Gasteiger charge is 2.10. The van der Waals surface area contributed by atoms with E-state index < -0.39 is 0 Å². The molecule has 0 unspecified atom stereocenters. The molecule has 39 heavy (non-hydrogen) atoms. The molecule has 7 nitrogen and oxygen atoms in total. The number of hydrogen-bond acceptors (Lipinski definition) is 7. The number of carbonyl (C=O) groups excluding carboxylic acids is 1. The van der Waals surface area contributed by atoms with Crippen molar-refractivity contribution >= 4 is 58.4 Å². The van der Waals surface area contributed by atoms with E-state index in [1.54, 1.807) is 72.8 Å². The van der Waals surface area contributed by atoms with Gasteiger partial charge in [-0.15, -0.1) is 0 Å². The number of benzene rings is 4. The Morgan fingerprint density at radius 2 is 1.10 bits per heavy atom.